The van der Waals surface area contributed by atoms with Crippen LogP contribution < -0.4 is 15.2 Å². The summed E-state index contributed by atoms with van der Waals surface area (Å²) in [5, 5.41) is 0. The Morgan fingerprint density at radius 1 is 1.39 bits per heavy atom. The molecule has 0 aromatic heterocycles. The highest BCUT2D eigenvalue weighted by atomic mass is 79.9. The smallest absolute Gasteiger partial charge is 0.178 e. The Labute approximate surface area is 115 Å². The molecule has 0 fully saturated rings. The molecule has 2 rings (SSSR count). The molecule has 0 radical (unpaired) electrons. The SMILES string of the molecule is CC(C)(N)Cc1cc2c(c(Br)c1F)OCCCO2. The van der Waals surface area contributed by atoms with Gasteiger partial charge in [0.2, 0.25) is 0 Å². The number of halogens is 2. The molecule has 0 aliphatic carbocycles. The Morgan fingerprint density at radius 2 is 2.06 bits per heavy atom. The zero-order chi connectivity index (χ0) is 13.3. The molecule has 1 heterocycles. The van der Waals surface area contributed by atoms with E-state index in [1.807, 2.05) is 13.8 Å². The third-order valence-corrected chi connectivity index (χ3v) is 3.35. The lowest BCUT2D eigenvalue weighted by Crippen LogP contribution is -2.34. The van der Waals surface area contributed by atoms with Gasteiger partial charge in [-0.2, -0.15) is 0 Å². The van der Waals surface area contributed by atoms with Gasteiger partial charge in [0.1, 0.15) is 5.82 Å². The molecule has 1 aromatic carbocycles. The van der Waals surface area contributed by atoms with Crippen LogP contribution in [0.15, 0.2) is 10.5 Å². The minimum Gasteiger partial charge on any atom is -0.490 e. The van der Waals surface area contributed by atoms with Gasteiger partial charge in [-0.1, -0.05) is 0 Å². The number of nitrogens with two attached hydrogens (primary N) is 1. The molecule has 1 aromatic rings. The van der Waals surface area contributed by atoms with Gasteiger partial charge in [0.25, 0.3) is 0 Å². The fourth-order valence-corrected chi connectivity index (χ4v) is 2.48. The summed E-state index contributed by atoms with van der Waals surface area (Å²) < 4.78 is 25.6. The van der Waals surface area contributed by atoms with E-state index in [0.717, 1.165) is 6.42 Å². The normalized spacial score (nSPS) is 15.4. The molecule has 18 heavy (non-hydrogen) atoms. The van der Waals surface area contributed by atoms with Gasteiger partial charge in [0.15, 0.2) is 11.5 Å². The lowest BCUT2D eigenvalue weighted by Gasteiger charge is -2.20. The van der Waals surface area contributed by atoms with Crippen molar-refractivity contribution in [3.8, 4) is 11.5 Å². The highest BCUT2D eigenvalue weighted by Crippen LogP contribution is 2.41. The van der Waals surface area contributed by atoms with Crippen LogP contribution in [0.1, 0.15) is 25.8 Å². The number of benzene rings is 1. The van der Waals surface area contributed by atoms with E-state index in [9.17, 15) is 4.39 Å². The number of fused-ring (bicyclic) bond motifs is 1. The highest BCUT2D eigenvalue weighted by molar-refractivity contribution is 9.10. The van der Waals surface area contributed by atoms with Crippen molar-refractivity contribution in [1.82, 2.24) is 0 Å². The third-order valence-electron chi connectivity index (χ3n) is 2.64. The molecule has 0 unspecified atom stereocenters. The molecule has 5 heteroatoms. The van der Waals surface area contributed by atoms with Gasteiger partial charge < -0.3 is 15.2 Å². The largest absolute Gasteiger partial charge is 0.490 e. The van der Waals surface area contributed by atoms with Crippen LogP contribution >= 0.6 is 15.9 Å². The number of hydrogen-bond acceptors (Lipinski definition) is 3. The van der Waals surface area contributed by atoms with Crippen molar-refractivity contribution in [3.05, 3.63) is 21.9 Å². The lowest BCUT2D eigenvalue weighted by molar-refractivity contribution is 0.296. The first-order valence-corrected chi connectivity index (χ1v) is 6.73. The van der Waals surface area contributed by atoms with Crippen LogP contribution in [0.5, 0.6) is 11.5 Å². The Balaban J connectivity index is 2.44. The number of ether oxygens (including phenoxy) is 2. The second-order valence-corrected chi connectivity index (χ2v) is 6.00. The molecule has 1 aliphatic rings. The van der Waals surface area contributed by atoms with Crippen LogP contribution in [0.25, 0.3) is 0 Å². The van der Waals surface area contributed by atoms with Crippen LogP contribution in [0.4, 0.5) is 4.39 Å². The third kappa shape index (κ3) is 2.95. The Kier molecular flexibility index (Phi) is 3.82. The van der Waals surface area contributed by atoms with Crippen molar-refractivity contribution in [2.24, 2.45) is 5.73 Å². The zero-order valence-electron chi connectivity index (χ0n) is 10.6. The van der Waals surface area contributed by atoms with Gasteiger partial charge in [-0.15, -0.1) is 0 Å². The van der Waals surface area contributed by atoms with Gasteiger partial charge in [0, 0.05) is 12.0 Å². The molecular weight excluding hydrogens is 301 g/mol. The summed E-state index contributed by atoms with van der Waals surface area (Å²) in [6.45, 7) is 4.84. The van der Waals surface area contributed by atoms with E-state index in [1.165, 1.54) is 0 Å². The van der Waals surface area contributed by atoms with Gasteiger partial charge >= 0.3 is 0 Å². The molecule has 2 N–H and O–H groups in total. The summed E-state index contributed by atoms with van der Waals surface area (Å²) in [6.07, 6.45) is 1.23. The number of rotatable bonds is 2. The summed E-state index contributed by atoms with van der Waals surface area (Å²) in [7, 11) is 0. The van der Waals surface area contributed by atoms with Crippen LogP contribution in [-0.4, -0.2) is 18.8 Å². The highest BCUT2D eigenvalue weighted by Gasteiger charge is 2.23. The predicted octanol–water partition coefficient (Wildman–Crippen LogP) is 3.03. The van der Waals surface area contributed by atoms with E-state index in [2.05, 4.69) is 15.9 Å². The maximum atomic E-state index is 14.2. The molecule has 0 amide bonds. The molecule has 0 atom stereocenters. The van der Waals surface area contributed by atoms with Crippen molar-refractivity contribution in [2.45, 2.75) is 32.2 Å². The number of hydrogen-bond donors (Lipinski definition) is 1. The topological polar surface area (TPSA) is 44.5 Å². The molecule has 1 aliphatic heterocycles. The summed E-state index contributed by atoms with van der Waals surface area (Å²) in [5.41, 5.74) is 6.01. The van der Waals surface area contributed by atoms with Crippen molar-refractivity contribution in [3.63, 3.8) is 0 Å². The van der Waals surface area contributed by atoms with Crippen LogP contribution in [0, 0.1) is 5.82 Å². The average molecular weight is 318 g/mol. The molecule has 0 saturated heterocycles. The minimum absolute atomic E-state index is 0.321. The fourth-order valence-electron chi connectivity index (χ4n) is 1.91. The lowest BCUT2D eigenvalue weighted by atomic mass is 9.95. The van der Waals surface area contributed by atoms with Crippen LogP contribution in [0.2, 0.25) is 0 Å². The summed E-state index contributed by atoms with van der Waals surface area (Å²) in [4.78, 5) is 0. The van der Waals surface area contributed by atoms with Gasteiger partial charge in [-0.05, 0) is 47.8 Å². The van der Waals surface area contributed by atoms with Crippen LogP contribution in [0.3, 0.4) is 0 Å². The van der Waals surface area contributed by atoms with Crippen molar-refractivity contribution >= 4 is 15.9 Å². The predicted molar refractivity (Wildman–Crippen MR) is 71.7 cm³/mol. The zero-order valence-corrected chi connectivity index (χ0v) is 12.1. The molecule has 0 bridgehead atoms. The molecule has 100 valence electrons. The Bertz CT molecular complexity index is 457. The summed E-state index contributed by atoms with van der Waals surface area (Å²) >= 11 is 3.24. The Hall–Kier alpha value is -0.810. The van der Waals surface area contributed by atoms with E-state index in [1.54, 1.807) is 6.07 Å². The van der Waals surface area contributed by atoms with Crippen molar-refractivity contribution in [1.29, 1.82) is 0 Å². The molecule has 0 saturated carbocycles. The summed E-state index contributed by atoms with van der Waals surface area (Å²) in [6, 6.07) is 1.69. The molecule has 0 spiro atoms. The fraction of sp³-hybridized carbons (Fsp3) is 0.538. The van der Waals surface area contributed by atoms with E-state index < -0.39 is 5.54 Å². The van der Waals surface area contributed by atoms with Crippen LogP contribution in [-0.2, 0) is 6.42 Å². The first-order valence-electron chi connectivity index (χ1n) is 5.94. The van der Waals surface area contributed by atoms with Crippen molar-refractivity contribution in [2.75, 3.05) is 13.2 Å². The van der Waals surface area contributed by atoms with Gasteiger partial charge in [0.05, 0.1) is 17.7 Å². The van der Waals surface area contributed by atoms with E-state index in [-0.39, 0.29) is 5.82 Å². The van der Waals surface area contributed by atoms with E-state index >= 15 is 0 Å². The van der Waals surface area contributed by atoms with E-state index in [0.29, 0.717) is 41.2 Å². The molecular formula is C13H17BrFNO2. The minimum atomic E-state index is -0.472. The monoisotopic (exact) mass is 317 g/mol. The first kappa shape index (κ1) is 13.6. The molecule has 3 nitrogen and oxygen atoms in total. The standard InChI is InChI=1S/C13H17BrFNO2/c1-13(2,16)7-8-6-9-12(10(14)11(8)15)18-5-3-4-17-9/h6H,3-5,7,16H2,1-2H3. The maximum Gasteiger partial charge on any atom is 0.178 e. The summed E-state index contributed by atoms with van der Waals surface area (Å²) in [5.74, 6) is 0.710. The second kappa shape index (κ2) is 5.05. The quantitative estimate of drug-likeness (QED) is 0.911. The van der Waals surface area contributed by atoms with Gasteiger partial charge in [-0.3, -0.25) is 0 Å². The van der Waals surface area contributed by atoms with E-state index in [4.69, 9.17) is 15.2 Å². The van der Waals surface area contributed by atoms with Gasteiger partial charge in [-0.25, -0.2) is 4.39 Å². The first-order chi connectivity index (χ1) is 8.38. The van der Waals surface area contributed by atoms with Crippen molar-refractivity contribution < 1.29 is 13.9 Å². The maximum absolute atomic E-state index is 14.2. The second-order valence-electron chi connectivity index (χ2n) is 5.21. The average Bonchev–Trinajstić information content (AvgIpc) is 2.49. The Morgan fingerprint density at radius 3 is 2.72 bits per heavy atom.